The van der Waals surface area contributed by atoms with Crippen molar-refractivity contribution in [2.24, 2.45) is 0 Å². The minimum absolute atomic E-state index is 0.301. The Labute approximate surface area is 147 Å². The fourth-order valence-electron chi connectivity index (χ4n) is 2.56. The van der Waals surface area contributed by atoms with E-state index in [0.717, 1.165) is 11.1 Å². The molecule has 0 amide bonds. The smallest absolute Gasteiger partial charge is 0.343 e. The number of ether oxygens (including phenoxy) is 1. The monoisotopic (exact) mass is 330 g/mol. The van der Waals surface area contributed by atoms with Crippen molar-refractivity contribution in [2.75, 3.05) is 6.61 Å². The maximum absolute atomic E-state index is 12.4. The molecule has 2 aromatic carbocycles. The standard InChI is InChI=1S/C22H18O3/c1-3-24-22(23)20-16(2)25-21(18-12-8-5-9-13-18)19(20)15-14-17-10-6-4-7-11-17/h4-13H,3H2,1-2H3. The molecule has 0 aliphatic rings. The van der Waals surface area contributed by atoms with Crippen molar-refractivity contribution < 1.29 is 13.9 Å². The summed E-state index contributed by atoms with van der Waals surface area (Å²) in [5, 5.41) is 0. The molecule has 1 heterocycles. The molecule has 0 N–H and O–H groups in total. The molecule has 0 saturated carbocycles. The zero-order valence-electron chi connectivity index (χ0n) is 14.2. The summed E-state index contributed by atoms with van der Waals surface area (Å²) in [5.41, 5.74) is 2.70. The fraction of sp³-hybridized carbons (Fsp3) is 0.136. The first-order valence-electron chi connectivity index (χ1n) is 8.13. The summed E-state index contributed by atoms with van der Waals surface area (Å²) in [6, 6.07) is 19.3. The Kier molecular flexibility index (Phi) is 5.01. The number of hydrogen-bond donors (Lipinski definition) is 0. The third-order valence-corrected chi connectivity index (χ3v) is 3.71. The molecule has 0 aliphatic heterocycles. The predicted octanol–water partition coefficient (Wildman–Crippen LogP) is 4.83. The Morgan fingerprint density at radius 2 is 1.64 bits per heavy atom. The predicted molar refractivity (Wildman–Crippen MR) is 97.3 cm³/mol. The SMILES string of the molecule is CCOC(=O)c1c(C)oc(-c2ccccc2)c1C#Cc1ccccc1. The van der Waals surface area contributed by atoms with Gasteiger partial charge in [-0.15, -0.1) is 0 Å². The van der Waals surface area contributed by atoms with Crippen molar-refractivity contribution in [2.45, 2.75) is 13.8 Å². The van der Waals surface area contributed by atoms with Gasteiger partial charge in [-0.3, -0.25) is 0 Å². The Balaban J connectivity index is 2.16. The van der Waals surface area contributed by atoms with Gasteiger partial charge in [0.25, 0.3) is 0 Å². The van der Waals surface area contributed by atoms with Crippen LogP contribution in [-0.4, -0.2) is 12.6 Å². The van der Waals surface area contributed by atoms with Crippen LogP contribution < -0.4 is 0 Å². The van der Waals surface area contributed by atoms with Gasteiger partial charge in [-0.05, 0) is 26.0 Å². The average molecular weight is 330 g/mol. The lowest BCUT2D eigenvalue weighted by molar-refractivity contribution is 0.0524. The van der Waals surface area contributed by atoms with Gasteiger partial charge in [-0.25, -0.2) is 4.79 Å². The Hall–Kier alpha value is -3.25. The van der Waals surface area contributed by atoms with Crippen molar-refractivity contribution in [1.82, 2.24) is 0 Å². The molecule has 3 aromatic rings. The highest BCUT2D eigenvalue weighted by Crippen LogP contribution is 2.31. The van der Waals surface area contributed by atoms with Gasteiger partial charge in [0.15, 0.2) is 5.76 Å². The average Bonchev–Trinajstić information content (AvgIpc) is 2.98. The minimum Gasteiger partial charge on any atom is -0.462 e. The van der Waals surface area contributed by atoms with Crippen LogP contribution in [-0.2, 0) is 4.74 Å². The summed E-state index contributed by atoms with van der Waals surface area (Å²) < 4.78 is 11.1. The van der Waals surface area contributed by atoms with Crippen LogP contribution >= 0.6 is 0 Å². The molecule has 0 spiro atoms. The van der Waals surface area contributed by atoms with E-state index in [1.807, 2.05) is 60.7 Å². The number of esters is 1. The number of furan rings is 1. The molecule has 25 heavy (non-hydrogen) atoms. The largest absolute Gasteiger partial charge is 0.462 e. The second-order valence-corrected chi connectivity index (χ2v) is 5.44. The quantitative estimate of drug-likeness (QED) is 0.510. The van der Waals surface area contributed by atoms with E-state index in [2.05, 4.69) is 11.8 Å². The van der Waals surface area contributed by atoms with Crippen molar-refractivity contribution in [3.05, 3.63) is 83.1 Å². The van der Waals surface area contributed by atoms with Gasteiger partial charge in [0.1, 0.15) is 11.3 Å². The summed E-state index contributed by atoms with van der Waals surface area (Å²) in [4.78, 5) is 12.4. The van der Waals surface area contributed by atoms with E-state index in [1.54, 1.807) is 13.8 Å². The fourth-order valence-corrected chi connectivity index (χ4v) is 2.56. The maximum atomic E-state index is 12.4. The van der Waals surface area contributed by atoms with E-state index < -0.39 is 5.97 Å². The lowest BCUT2D eigenvalue weighted by atomic mass is 10.0. The number of carbonyl (C=O) groups is 1. The molecule has 3 heteroatoms. The van der Waals surface area contributed by atoms with Crippen LogP contribution in [0, 0.1) is 18.8 Å². The molecule has 0 saturated heterocycles. The van der Waals surface area contributed by atoms with E-state index in [9.17, 15) is 4.79 Å². The first-order chi connectivity index (χ1) is 12.2. The van der Waals surface area contributed by atoms with Crippen LogP contribution in [0.15, 0.2) is 65.1 Å². The highest BCUT2D eigenvalue weighted by Gasteiger charge is 2.24. The van der Waals surface area contributed by atoms with Crippen molar-refractivity contribution in [3.8, 4) is 23.2 Å². The summed E-state index contributed by atoms with van der Waals surface area (Å²) in [6.45, 7) is 3.84. The van der Waals surface area contributed by atoms with E-state index in [1.165, 1.54) is 0 Å². The third-order valence-electron chi connectivity index (χ3n) is 3.71. The molecule has 0 aliphatic carbocycles. The lowest BCUT2D eigenvalue weighted by Gasteiger charge is -2.01. The highest BCUT2D eigenvalue weighted by atomic mass is 16.5. The van der Waals surface area contributed by atoms with Crippen LogP contribution in [0.25, 0.3) is 11.3 Å². The molecule has 0 unspecified atom stereocenters. The van der Waals surface area contributed by atoms with Crippen molar-refractivity contribution in [1.29, 1.82) is 0 Å². The molecule has 3 rings (SSSR count). The van der Waals surface area contributed by atoms with Gasteiger partial charge in [0.2, 0.25) is 0 Å². The lowest BCUT2D eigenvalue weighted by Crippen LogP contribution is -2.06. The van der Waals surface area contributed by atoms with E-state index >= 15 is 0 Å². The van der Waals surface area contributed by atoms with Gasteiger partial charge >= 0.3 is 5.97 Å². The number of benzene rings is 2. The Morgan fingerprint density at radius 1 is 1.00 bits per heavy atom. The van der Waals surface area contributed by atoms with Crippen molar-refractivity contribution in [3.63, 3.8) is 0 Å². The molecule has 124 valence electrons. The number of hydrogen-bond acceptors (Lipinski definition) is 3. The van der Waals surface area contributed by atoms with E-state index in [4.69, 9.17) is 9.15 Å². The van der Waals surface area contributed by atoms with Crippen LogP contribution in [0.2, 0.25) is 0 Å². The van der Waals surface area contributed by atoms with Gasteiger partial charge in [0, 0.05) is 11.1 Å². The van der Waals surface area contributed by atoms with Crippen LogP contribution in [0.5, 0.6) is 0 Å². The van der Waals surface area contributed by atoms with Gasteiger partial charge in [-0.2, -0.15) is 0 Å². The second kappa shape index (κ2) is 7.55. The molecular weight excluding hydrogens is 312 g/mol. The minimum atomic E-state index is -0.414. The van der Waals surface area contributed by atoms with E-state index in [-0.39, 0.29) is 0 Å². The molecule has 0 bridgehead atoms. The van der Waals surface area contributed by atoms with Gasteiger partial charge in [0.05, 0.1) is 12.2 Å². The number of aryl methyl sites for hydroxylation is 1. The number of carbonyl (C=O) groups excluding carboxylic acids is 1. The molecule has 0 fully saturated rings. The third kappa shape index (κ3) is 3.64. The highest BCUT2D eigenvalue weighted by molar-refractivity contribution is 5.96. The zero-order chi connectivity index (χ0) is 17.6. The first-order valence-corrected chi connectivity index (χ1v) is 8.13. The Bertz CT molecular complexity index is 926. The zero-order valence-corrected chi connectivity index (χ0v) is 14.2. The van der Waals surface area contributed by atoms with Crippen LogP contribution in [0.4, 0.5) is 0 Å². The van der Waals surface area contributed by atoms with Crippen LogP contribution in [0.1, 0.15) is 34.2 Å². The molecule has 0 atom stereocenters. The van der Waals surface area contributed by atoms with Gasteiger partial charge in [-0.1, -0.05) is 60.4 Å². The van der Waals surface area contributed by atoms with Crippen LogP contribution in [0.3, 0.4) is 0 Å². The topological polar surface area (TPSA) is 39.4 Å². The Morgan fingerprint density at radius 3 is 2.28 bits per heavy atom. The summed E-state index contributed by atoms with van der Waals surface area (Å²) in [5.74, 6) is 6.90. The maximum Gasteiger partial charge on any atom is 0.343 e. The van der Waals surface area contributed by atoms with Crippen molar-refractivity contribution >= 4 is 5.97 Å². The van der Waals surface area contributed by atoms with Gasteiger partial charge < -0.3 is 9.15 Å². The van der Waals surface area contributed by atoms with E-state index in [0.29, 0.717) is 29.3 Å². The molecule has 0 radical (unpaired) electrons. The first kappa shape index (κ1) is 16.6. The summed E-state index contributed by atoms with van der Waals surface area (Å²) in [7, 11) is 0. The summed E-state index contributed by atoms with van der Waals surface area (Å²) in [6.07, 6.45) is 0. The number of rotatable bonds is 3. The normalized spacial score (nSPS) is 10.0. The molecule has 3 nitrogen and oxygen atoms in total. The molecule has 1 aromatic heterocycles. The second-order valence-electron chi connectivity index (χ2n) is 5.44. The summed E-state index contributed by atoms with van der Waals surface area (Å²) >= 11 is 0. The molecular formula is C22H18O3.